The average Bonchev–Trinajstić information content (AvgIpc) is 3.31. The monoisotopic (exact) mass is 472 g/mol. The minimum Gasteiger partial charge on any atom is -0.353 e. The number of hydrogen-bond donors (Lipinski definition) is 0. The molecule has 0 saturated carbocycles. The third-order valence-electron chi connectivity index (χ3n) is 5.74. The van der Waals surface area contributed by atoms with Gasteiger partial charge in [-0.05, 0) is 30.5 Å². The second-order valence-corrected chi connectivity index (χ2v) is 9.61. The molecule has 3 heterocycles. The lowest BCUT2D eigenvalue weighted by atomic mass is 10.0. The van der Waals surface area contributed by atoms with Gasteiger partial charge in [-0.2, -0.15) is 0 Å². The first-order chi connectivity index (χ1) is 15.3. The molecule has 1 fully saturated rings. The predicted molar refractivity (Wildman–Crippen MR) is 128 cm³/mol. The molecule has 4 rings (SSSR count). The van der Waals surface area contributed by atoms with Gasteiger partial charge in [0.1, 0.15) is 17.5 Å². The summed E-state index contributed by atoms with van der Waals surface area (Å²) in [6, 6.07) is 8.49. The molecule has 1 aliphatic heterocycles. The van der Waals surface area contributed by atoms with E-state index in [0.29, 0.717) is 43.2 Å². The van der Waals surface area contributed by atoms with E-state index in [4.69, 9.17) is 21.6 Å². The molecule has 0 unspecified atom stereocenters. The first kappa shape index (κ1) is 22.7. The van der Waals surface area contributed by atoms with E-state index in [9.17, 15) is 9.18 Å². The van der Waals surface area contributed by atoms with Crippen molar-refractivity contribution >= 4 is 34.7 Å². The Morgan fingerprint density at radius 2 is 1.88 bits per heavy atom. The number of halogens is 2. The first-order valence-electron chi connectivity index (χ1n) is 10.7. The summed E-state index contributed by atoms with van der Waals surface area (Å²) in [5.41, 5.74) is 2.15. The zero-order valence-electron chi connectivity index (χ0n) is 18.4. The number of nitrogens with zero attached hydrogens (tertiary/aromatic N) is 4. The van der Waals surface area contributed by atoms with Gasteiger partial charge in [0.25, 0.3) is 5.91 Å². The van der Waals surface area contributed by atoms with Crippen molar-refractivity contribution in [2.75, 3.05) is 31.1 Å². The summed E-state index contributed by atoms with van der Waals surface area (Å²) in [7, 11) is 0. The highest BCUT2D eigenvalue weighted by Crippen LogP contribution is 2.30. The Morgan fingerprint density at radius 3 is 2.50 bits per heavy atom. The molecular weight excluding hydrogens is 447 g/mol. The number of anilines is 1. The highest BCUT2D eigenvalue weighted by Gasteiger charge is 2.27. The number of benzene rings is 1. The summed E-state index contributed by atoms with van der Waals surface area (Å²) in [5, 5.41) is 2.32. The molecule has 168 valence electrons. The van der Waals surface area contributed by atoms with Crippen LogP contribution < -0.4 is 4.90 Å². The highest BCUT2D eigenvalue weighted by atomic mass is 35.5. The van der Waals surface area contributed by atoms with Crippen molar-refractivity contribution in [1.82, 2.24) is 14.9 Å². The van der Waals surface area contributed by atoms with E-state index < -0.39 is 0 Å². The van der Waals surface area contributed by atoms with Crippen LogP contribution in [0.1, 0.15) is 52.1 Å². The molecule has 0 N–H and O–H groups in total. The lowest BCUT2D eigenvalue weighted by molar-refractivity contribution is 0.0751. The summed E-state index contributed by atoms with van der Waals surface area (Å²) >= 11 is 7.78. The quantitative estimate of drug-likeness (QED) is 0.504. The fraction of sp³-hybridized carbons (Fsp3) is 0.375. The fourth-order valence-electron chi connectivity index (χ4n) is 3.88. The van der Waals surface area contributed by atoms with Gasteiger partial charge in [0.15, 0.2) is 0 Å². The fourth-order valence-corrected chi connectivity index (χ4v) is 4.80. The molecular formula is C24H26ClFN4OS. The van der Waals surface area contributed by atoms with E-state index in [1.165, 1.54) is 17.4 Å². The average molecular weight is 473 g/mol. The van der Waals surface area contributed by atoms with Gasteiger partial charge in [-0.3, -0.25) is 4.79 Å². The number of hydrogen-bond acceptors (Lipinski definition) is 5. The smallest absolute Gasteiger partial charge is 0.264 e. The zero-order chi connectivity index (χ0) is 22.8. The van der Waals surface area contributed by atoms with E-state index in [1.54, 1.807) is 12.1 Å². The van der Waals surface area contributed by atoms with Crippen LogP contribution in [0.5, 0.6) is 0 Å². The maximum atomic E-state index is 14.5. The van der Waals surface area contributed by atoms with Crippen LogP contribution in [0.3, 0.4) is 0 Å². The third kappa shape index (κ3) is 4.64. The summed E-state index contributed by atoms with van der Waals surface area (Å²) in [6.45, 7) is 8.59. The molecule has 1 saturated heterocycles. The molecule has 0 atom stereocenters. The Hall–Kier alpha value is -2.51. The van der Waals surface area contributed by atoms with Crippen molar-refractivity contribution < 1.29 is 9.18 Å². The van der Waals surface area contributed by atoms with Crippen molar-refractivity contribution in [2.45, 2.75) is 33.1 Å². The second kappa shape index (κ2) is 9.55. The van der Waals surface area contributed by atoms with Gasteiger partial charge < -0.3 is 9.80 Å². The molecule has 1 aromatic carbocycles. The molecule has 0 radical (unpaired) electrons. The molecule has 32 heavy (non-hydrogen) atoms. The van der Waals surface area contributed by atoms with E-state index in [-0.39, 0.29) is 17.6 Å². The van der Waals surface area contributed by atoms with Crippen LogP contribution in [-0.2, 0) is 6.42 Å². The Bertz CT molecular complexity index is 1090. The van der Waals surface area contributed by atoms with Gasteiger partial charge in [0, 0.05) is 60.4 Å². The highest BCUT2D eigenvalue weighted by molar-refractivity contribution is 7.12. The summed E-state index contributed by atoms with van der Waals surface area (Å²) in [6.07, 6.45) is 0.319. The van der Waals surface area contributed by atoms with E-state index in [2.05, 4.69) is 18.7 Å². The molecule has 5 nitrogen and oxygen atoms in total. The summed E-state index contributed by atoms with van der Waals surface area (Å²) < 4.78 is 14.5. The van der Waals surface area contributed by atoms with Crippen LogP contribution in [-0.4, -0.2) is 47.0 Å². The predicted octanol–water partition coefficient (Wildman–Crippen LogP) is 5.32. The minimum absolute atomic E-state index is 0.0692. The van der Waals surface area contributed by atoms with E-state index in [1.807, 2.05) is 29.3 Å². The molecule has 1 aliphatic rings. The lowest BCUT2D eigenvalue weighted by Gasteiger charge is -2.36. The molecule has 1 amide bonds. The number of carbonyl (C=O) groups excluding carboxylic acids is 1. The topological polar surface area (TPSA) is 49.3 Å². The summed E-state index contributed by atoms with van der Waals surface area (Å²) in [4.78, 5) is 27.1. The maximum Gasteiger partial charge on any atom is 0.264 e. The van der Waals surface area contributed by atoms with Gasteiger partial charge >= 0.3 is 0 Å². The Balaban J connectivity index is 1.63. The first-order valence-corrected chi connectivity index (χ1v) is 12.0. The van der Waals surface area contributed by atoms with Crippen LogP contribution >= 0.6 is 22.9 Å². The molecule has 3 aromatic rings. The van der Waals surface area contributed by atoms with Crippen molar-refractivity contribution in [1.29, 1.82) is 0 Å². The largest absolute Gasteiger partial charge is 0.353 e. The zero-order valence-corrected chi connectivity index (χ0v) is 20.0. The van der Waals surface area contributed by atoms with Gasteiger partial charge in [-0.15, -0.1) is 11.3 Å². The minimum atomic E-state index is -0.331. The third-order valence-corrected chi connectivity index (χ3v) is 6.95. The number of amides is 1. The molecule has 0 spiro atoms. The SMILES string of the molecule is Cc1nc(C(C)C)nc(N2CCN(C(=O)c3cccs3)CC2)c1Cc1c(F)cccc1Cl. The molecule has 2 aromatic heterocycles. The number of aryl methyl sites for hydroxylation is 1. The Labute approximate surface area is 196 Å². The molecule has 8 heteroatoms. The molecule has 0 aliphatic carbocycles. The number of piperazine rings is 1. The lowest BCUT2D eigenvalue weighted by Crippen LogP contribution is -2.49. The van der Waals surface area contributed by atoms with Gasteiger partial charge in [-0.1, -0.05) is 37.6 Å². The maximum absolute atomic E-state index is 14.5. The number of thiophene rings is 1. The number of carbonyl (C=O) groups is 1. The molecule has 0 bridgehead atoms. The Morgan fingerprint density at radius 1 is 1.12 bits per heavy atom. The van der Waals surface area contributed by atoms with Gasteiger partial charge in [0.2, 0.25) is 0 Å². The number of rotatable bonds is 5. The normalized spacial score (nSPS) is 14.3. The number of aromatic nitrogens is 2. The van der Waals surface area contributed by atoms with Crippen LogP contribution in [0.15, 0.2) is 35.7 Å². The van der Waals surface area contributed by atoms with Crippen molar-refractivity contribution in [3.05, 3.63) is 74.1 Å². The van der Waals surface area contributed by atoms with Crippen molar-refractivity contribution in [3.8, 4) is 0 Å². The van der Waals surface area contributed by atoms with Crippen LogP contribution in [0.25, 0.3) is 0 Å². The van der Waals surface area contributed by atoms with Crippen LogP contribution in [0, 0.1) is 12.7 Å². The van der Waals surface area contributed by atoms with Gasteiger partial charge in [-0.25, -0.2) is 14.4 Å². The Kier molecular flexibility index (Phi) is 6.76. The second-order valence-electron chi connectivity index (χ2n) is 8.26. The van der Waals surface area contributed by atoms with Crippen LogP contribution in [0.2, 0.25) is 5.02 Å². The van der Waals surface area contributed by atoms with E-state index in [0.717, 1.165) is 27.8 Å². The van der Waals surface area contributed by atoms with Gasteiger partial charge in [0.05, 0.1) is 4.88 Å². The van der Waals surface area contributed by atoms with Crippen LogP contribution in [0.4, 0.5) is 10.2 Å². The standard InChI is InChI=1S/C24H26ClFN4OS/c1-15(2)22-27-16(3)17(14-18-19(25)6-4-7-20(18)26)23(28-22)29-9-11-30(12-10-29)24(31)21-8-5-13-32-21/h4-8,13,15H,9-12,14H2,1-3H3. The van der Waals surface area contributed by atoms with Crippen molar-refractivity contribution in [2.24, 2.45) is 0 Å². The van der Waals surface area contributed by atoms with Crippen molar-refractivity contribution in [3.63, 3.8) is 0 Å². The van der Waals surface area contributed by atoms with E-state index >= 15 is 0 Å². The summed E-state index contributed by atoms with van der Waals surface area (Å²) in [5.74, 6) is 1.48.